The molecule has 4 N–H and O–H groups in total. The largest absolute Gasteiger partial charge is 0.394 e. The Morgan fingerprint density at radius 3 is 2.95 bits per heavy atom. The van der Waals surface area contributed by atoms with Crippen molar-refractivity contribution in [2.45, 2.75) is 31.4 Å². The molecule has 9 heteroatoms. The Morgan fingerprint density at radius 1 is 1.55 bits per heavy atom. The normalized spacial score (nSPS) is 30.2. The van der Waals surface area contributed by atoms with E-state index in [0.29, 0.717) is 17.2 Å². The molecule has 3 heterocycles. The van der Waals surface area contributed by atoms with Gasteiger partial charge in [0.25, 0.3) is 0 Å². The maximum absolute atomic E-state index is 14.1. The maximum atomic E-state index is 14.1. The molecule has 108 valence electrons. The predicted molar refractivity (Wildman–Crippen MR) is 65.5 cm³/mol. The number of anilines is 1. The van der Waals surface area contributed by atoms with Crippen molar-refractivity contribution in [3.05, 3.63) is 17.7 Å². The highest BCUT2D eigenvalue weighted by Gasteiger charge is 2.46. The van der Waals surface area contributed by atoms with Crippen molar-refractivity contribution in [1.29, 1.82) is 0 Å². The first-order valence-electron chi connectivity index (χ1n) is 6.09. The Morgan fingerprint density at radius 2 is 2.30 bits per heavy atom. The highest BCUT2D eigenvalue weighted by Crippen LogP contribution is 2.35. The summed E-state index contributed by atoms with van der Waals surface area (Å²) in [5.41, 5.74) is 6.34. The summed E-state index contributed by atoms with van der Waals surface area (Å²) in [7, 11) is 0. The van der Waals surface area contributed by atoms with Gasteiger partial charge in [-0.25, -0.2) is 18.9 Å². The van der Waals surface area contributed by atoms with Gasteiger partial charge in [0.2, 0.25) is 0 Å². The number of aliphatic hydroxyl groups is 2. The second-order valence-corrected chi connectivity index (χ2v) is 4.68. The average Bonchev–Trinajstić information content (AvgIpc) is 2.93. The first kappa shape index (κ1) is 13.2. The molecule has 0 aromatic carbocycles. The lowest BCUT2D eigenvalue weighted by atomic mass is 10.1. The summed E-state index contributed by atoms with van der Waals surface area (Å²) in [5, 5.41) is 22.8. The quantitative estimate of drug-likeness (QED) is 0.656. The molecule has 1 fully saturated rings. The van der Waals surface area contributed by atoms with Crippen LogP contribution in [0.1, 0.15) is 17.6 Å². The number of aromatic nitrogens is 4. The summed E-state index contributed by atoms with van der Waals surface area (Å²) in [6, 6.07) is 0. The van der Waals surface area contributed by atoms with Crippen molar-refractivity contribution in [3.63, 3.8) is 0 Å². The van der Waals surface area contributed by atoms with Gasteiger partial charge in [-0.3, -0.25) is 0 Å². The van der Waals surface area contributed by atoms with Gasteiger partial charge in [-0.05, 0) is 6.92 Å². The van der Waals surface area contributed by atoms with E-state index in [0.717, 1.165) is 0 Å². The summed E-state index contributed by atoms with van der Waals surface area (Å²) in [6.07, 6.45) is -3.73. The minimum Gasteiger partial charge on any atom is -0.394 e. The molecule has 0 unspecified atom stereocenters. The SMILES string of the molecule is Cc1nc(N)c2ncc([C@@H]3O[C@H](CO)[C@@H](O)[C@H]3F)n2n1. The van der Waals surface area contributed by atoms with E-state index in [2.05, 4.69) is 15.1 Å². The van der Waals surface area contributed by atoms with Crippen LogP contribution in [-0.4, -0.2) is 54.8 Å². The molecule has 8 nitrogen and oxygen atoms in total. The Bertz CT molecular complexity index is 648. The number of alkyl halides is 1. The van der Waals surface area contributed by atoms with E-state index in [1.54, 1.807) is 6.92 Å². The van der Waals surface area contributed by atoms with E-state index in [1.165, 1.54) is 10.7 Å². The van der Waals surface area contributed by atoms with Gasteiger partial charge in [-0.1, -0.05) is 0 Å². The number of hydrogen-bond donors (Lipinski definition) is 3. The van der Waals surface area contributed by atoms with Gasteiger partial charge in [-0.15, -0.1) is 0 Å². The van der Waals surface area contributed by atoms with Crippen molar-refractivity contribution >= 4 is 11.5 Å². The minimum absolute atomic E-state index is 0.177. The Kier molecular flexibility index (Phi) is 3.04. The second-order valence-electron chi connectivity index (χ2n) is 4.68. The van der Waals surface area contributed by atoms with Gasteiger partial charge in [0.05, 0.1) is 18.5 Å². The molecule has 20 heavy (non-hydrogen) atoms. The third-order valence-corrected chi connectivity index (χ3v) is 3.31. The molecule has 0 aliphatic carbocycles. The van der Waals surface area contributed by atoms with Crippen molar-refractivity contribution in [2.75, 3.05) is 12.3 Å². The third-order valence-electron chi connectivity index (χ3n) is 3.31. The van der Waals surface area contributed by atoms with Crippen LogP contribution in [0.3, 0.4) is 0 Å². The molecule has 0 radical (unpaired) electrons. The van der Waals surface area contributed by atoms with Crippen LogP contribution in [-0.2, 0) is 4.74 Å². The number of nitrogens with two attached hydrogens (primary N) is 1. The molecule has 2 aromatic rings. The molecule has 1 aliphatic rings. The smallest absolute Gasteiger partial charge is 0.196 e. The van der Waals surface area contributed by atoms with Gasteiger partial charge in [-0.2, -0.15) is 5.10 Å². The number of ether oxygens (including phenoxy) is 1. The van der Waals surface area contributed by atoms with Gasteiger partial charge >= 0.3 is 0 Å². The minimum atomic E-state index is -1.68. The molecule has 0 bridgehead atoms. The standard InChI is InChI=1S/C11H14FN5O3/c1-4-15-10(13)11-14-2-5(17(11)16-4)9-7(12)8(19)6(3-18)20-9/h2,6-9,18-19H,3H2,1H3,(H2,13,15,16)/t6-,7-,8-,9+/m1/s1. The topological polar surface area (TPSA) is 119 Å². The lowest BCUT2D eigenvalue weighted by Crippen LogP contribution is -2.30. The molecule has 0 spiro atoms. The van der Waals surface area contributed by atoms with Gasteiger partial charge in [0, 0.05) is 0 Å². The number of aliphatic hydroxyl groups excluding tert-OH is 2. The van der Waals surface area contributed by atoms with E-state index < -0.39 is 31.1 Å². The van der Waals surface area contributed by atoms with Crippen LogP contribution in [0.5, 0.6) is 0 Å². The van der Waals surface area contributed by atoms with E-state index in [9.17, 15) is 9.50 Å². The predicted octanol–water partition coefficient (Wildman–Crippen LogP) is -0.854. The van der Waals surface area contributed by atoms with Gasteiger partial charge in [0.15, 0.2) is 17.6 Å². The summed E-state index contributed by atoms with van der Waals surface area (Å²) in [6.45, 7) is 1.18. The van der Waals surface area contributed by atoms with Crippen molar-refractivity contribution < 1.29 is 19.3 Å². The maximum Gasteiger partial charge on any atom is 0.196 e. The Labute approximate surface area is 113 Å². The monoisotopic (exact) mass is 283 g/mol. The number of aryl methyl sites for hydroxylation is 1. The molecular weight excluding hydrogens is 269 g/mol. The van der Waals surface area contributed by atoms with Gasteiger partial charge < -0.3 is 20.7 Å². The van der Waals surface area contributed by atoms with Gasteiger partial charge in [0.1, 0.15) is 24.1 Å². The molecule has 2 aromatic heterocycles. The number of fused-ring (bicyclic) bond motifs is 1. The fourth-order valence-electron chi connectivity index (χ4n) is 2.34. The summed E-state index contributed by atoms with van der Waals surface area (Å²) in [5.74, 6) is 0.582. The van der Waals surface area contributed by atoms with E-state index in [-0.39, 0.29) is 5.82 Å². The molecule has 4 atom stereocenters. The third kappa shape index (κ3) is 1.82. The fourth-order valence-corrected chi connectivity index (χ4v) is 2.34. The van der Waals surface area contributed by atoms with Crippen LogP contribution in [0.2, 0.25) is 0 Å². The molecule has 0 saturated carbocycles. The highest BCUT2D eigenvalue weighted by atomic mass is 19.1. The fraction of sp³-hybridized carbons (Fsp3) is 0.545. The second kappa shape index (κ2) is 4.62. The molecule has 0 amide bonds. The zero-order chi connectivity index (χ0) is 14.4. The Hall–Kier alpha value is -1.84. The van der Waals surface area contributed by atoms with E-state index >= 15 is 0 Å². The lowest BCUT2D eigenvalue weighted by Gasteiger charge is -2.12. The van der Waals surface area contributed by atoms with Crippen LogP contribution in [0, 0.1) is 6.92 Å². The molecule has 1 saturated heterocycles. The van der Waals surface area contributed by atoms with E-state index in [4.69, 9.17) is 15.6 Å². The number of imidazole rings is 1. The number of halogens is 1. The summed E-state index contributed by atoms with van der Waals surface area (Å²) in [4.78, 5) is 8.00. The summed E-state index contributed by atoms with van der Waals surface area (Å²) >= 11 is 0. The van der Waals surface area contributed by atoms with Crippen LogP contribution in [0.4, 0.5) is 10.2 Å². The number of nitrogens with zero attached hydrogens (tertiary/aromatic N) is 4. The first-order chi connectivity index (χ1) is 9.52. The number of nitrogen functional groups attached to an aromatic ring is 1. The van der Waals surface area contributed by atoms with E-state index in [1.807, 2.05) is 0 Å². The highest BCUT2D eigenvalue weighted by molar-refractivity contribution is 5.59. The number of hydrogen-bond acceptors (Lipinski definition) is 7. The lowest BCUT2D eigenvalue weighted by molar-refractivity contribution is -0.0241. The van der Waals surface area contributed by atoms with Crippen molar-refractivity contribution in [1.82, 2.24) is 19.6 Å². The molecular formula is C11H14FN5O3. The molecule has 3 rings (SSSR count). The van der Waals surface area contributed by atoms with Crippen molar-refractivity contribution in [3.8, 4) is 0 Å². The summed E-state index contributed by atoms with van der Waals surface area (Å²) < 4.78 is 20.8. The molecule has 1 aliphatic heterocycles. The first-order valence-corrected chi connectivity index (χ1v) is 6.09. The van der Waals surface area contributed by atoms with Crippen LogP contribution < -0.4 is 5.73 Å². The average molecular weight is 283 g/mol. The van der Waals surface area contributed by atoms with Crippen LogP contribution in [0.25, 0.3) is 5.65 Å². The van der Waals surface area contributed by atoms with Crippen LogP contribution in [0.15, 0.2) is 6.20 Å². The van der Waals surface area contributed by atoms with Crippen LogP contribution >= 0.6 is 0 Å². The zero-order valence-electron chi connectivity index (χ0n) is 10.6. The number of rotatable bonds is 2. The zero-order valence-corrected chi connectivity index (χ0v) is 10.6. The van der Waals surface area contributed by atoms with Crippen molar-refractivity contribution in [2.24, 2.45) is 0 Å². The Balaban J connectivity index is 2.07.